The highest BCUT2D eigenvalue weighted by atomic mass is 16.2. The maximum absolute atomic E-state index is 11.5. The van der Waals surface area contributed by atoms with Crippen LogP contribution in [-0.4, -0.2) is 16.7 Å². The summed E-state index contributed by atoms with van der Waals surface area (Å²) < 4.78 is 0. The minimum Gasteiger partial charge on any atom is -0.363 e. The zero-order chi connectivity index (χ0) is 12.6. The number of aromatic nitrogens is 1. The zero-order valence-electron chi connectivity index (χ0n) is 9.78. The van der Waals surface area contributed by atoms with E-state index in [1.54, 1.807) is 0 Å². The van der Waals surface area contributed by atoms with Crippen LogP contribution in [0.3, 0.4) is 0 Å². The average Bonchev–Trinajstić information content (AvgIpc) is 2.70. The highest BCUT2D eigenvalue weighted by Gasteiger charge is 2.17. The summed E-state index contributed by atoms with van der Waals surface area (Å²) in [7, 11) is 0. The molecule has 2 aromatic rings. The summed E-state index contributed by atoms with van der Waals surface area (Å²) in [6, 6.07) is 5.79. The molecule has 3 N–H and O–H groups in total. The van der Waals surface area contributed by atoms with Gasteiger partial charge in [0.15, 0.2) is 0 Å². The second-order valence-electron chi connectivity index (χ2n) is 4.36. The first-order valence-corrected chi connectivity index (χ1v) is 5.46. The van der Waals surface area contributed by atoms with Gasteiger partial charge in [0.05, 0.1) is 5.56 Å². The van der Waals surface area contributed by atoms with Crippen molar-refractivity contribution in [3.05, 3.63) is 35.5 Å². The number of rotatable bonds is 3. The van der Waals surface area contributed by atoms with E-state index in [-0.39, 0.29) is 0 Å². The molecule has 0 saturated heterocycles. The van der Waals surface area contributed by atoms with E-state index in [1.165, 1.54) is 11.8 Å². The van der Waals surface area contributed by atoms with Crippen LogP contribution >= 0.6 is 0 Å². The van der Waals surface area contributed by atoms with Crippen LogP contribution in [0.1, 0.15) is 35.7 Å². The molecule has 1 aromatic heterocycles. The predicted octanol–water partition coefficient (Wildman–Crippen LogP) is 1.96. The molecular weight excluding hydrogens is 216 g/mol. The third kappa shape index (κ3) is 1.93. The second-order valence-corrected chi connectivity index (χ2v) is 4.36. The zero-order valence-corrected chi connectivity index (χ0v) is 9.78. The molecule has 1 amide bonds. The van der Waals surface area contributed by atoms with Crippen LogP contribution in [0, 0.1) is 0 Å². The molecule has 1 heterocycles. The number of aromatic amines is 1. The monoisotopic (exact) mass is 230 g/mol. The van der Waals surface area contributed by atoms with Crippen LogP contribution in [0.25, 0.3) is 10.9 Å². The maximum atomic E-state index is 11.5. The number of H-pyrrole nitrogens is 1. The predicted molar refractivity (Wildman–Crippen MR) is 65.9 cm³/mol. The van der Waals surface area contributed by atoms with Crippen LogP contribution in [0.15, 0.2) is 24.4 Å². The van der Waals surface area contributed by atoms with Crippen molar-refractivity contribution in [3.8, 4) is 0 Å². The van der Waals surface area contributed by atoms with Gasteiger partial charge in [-0.15, -0.1) is 0 Å². The molecule has 0 radical (unpaired) electrons. The fourth-order valence-electron chi connectivity index (χ4n) is 1.82. The van der Waals surface area contributed by atoms with E-state index in [1.807, 2.05) is 18.2 Å². The van der Waals surface area contributed by atoms with E-state index in [2.05, 4.69) is 18.8 Å². The van der Waals surface area contributed by atoms with Gasteiger partial charge in [-0.3, -0.25) is 9.59 Å². The van der Waals surface area contributed by atoms with Gasteiger partial charge in [0.25, 0.3) is 11.7 Å². The minimum atomic E-state index is -0.932. The average molecular weight is 230 g/mol. The number of carbonyl (C=O) groups is 2. The number of nitrogens with one attached hydrogen (secondary N) is 1. The summed E-state index contributed by atoms with van der Waals surface area (Å²) in [5.41, 5.74) is 7.36. The number of hydrogen-bond donors (Lipinski definition) is 2. The lowest BCUT2D eigenvalue weighted by Gasteiger charge is -2.04. The fourth-order valence-corrected chi connectivity index (χ4v) is 1.82. The van der Waals surface area contributed by atoms with Crippen LogP contribution < -0.4 is 5.73 Å². The van der Waals surface area contributed by atoms with E-state index in [4.69, 9.17) is 5.73 Å². The standard InChI is InChI=1S/C13H14N2O2/c1-7(2)8-3-4-9-10(12(16)13(14)17)6-15-11(9)5-8/h3-7,15H,1-2H3,(H2,14,17). The molecule has 0 atom stereocenters. The Morgan fingerprint density at radius 1 is 1.29 bits per heavy atom. The number of primary amides is 1. The molecule has 0 aliphatic rings. The topological polar surface area (TPSA) is 76.0 Å². The van der Waals surface area contributed by atoms with Gasteiger partial charge in [-0.25, -0.2) is 0 Å². The molecule has 2 rings (SSSR count). The number of fused-ring (bicyclic) bond motifs is 1. The van der Waals surface area contributed by atoms with Gasteiger partial charge < -0.3 is 10.7 Å². The van der Waals surface area contributed by atoms with Crippen molar-refractivity contribution in [2.45, 2.75) is 19.8 Å². The fraction of sp³-hybridized carbons (Fsp3) is 0.231. The number of carbonyl (C=O) groups excluding carboxylic acids is 2. The van der Waals surface area contributed by atoms with Gasteiger partial charge >= 0.3 is 0 Å². The summed E-state index contributed by atoms with van der Waals surface area (Å²) in [4.78, 5) is 25.4. The first kappa shape index (κ1) is 11.4. The Balaban J connectivity index is 2.56. The van der Waals surface area contributed by atoms with Gasteiger partial charge in [0, 0.05) is 17.1 Å². The molecule has 17 heavy (non-hydrogen) atoms. The molecule has 4 heteroatoms. The van der Waals surface area contributed by atoms with Crippen molar-refractivity contribution < 1.29 is 9.59 Å². The number of hydrogen-bond acceptors (Lipinski definition) is 2. The number of Topliss-reactive ketones (excluding diaryl/α,β-unsaturated/α-hetero) is 1. The number of amides is 1. The number of nitrogens with two attached hydrogens (primary N) is 1. The molecular formula is C13H14N2O2. The van der Waals surface area contributed by atoms with Crippen LogP contribution in [0.5, 0.6) is 0 Å². The molecule has 0 saturated carbocycles. The van der Waals surface area contributed by atoms with Crippen molar-refractivity contribution in [2.24, 2.45) is 5.73 Å². The molecule has 0 spiro atoms. The first-order valence-electron chi connectivity index (χ1n) is 5.46. The van der Waals surface area contributed by atoms with Crippen LogP contribution in [0.4, 0.5) is 0 Å². The highest BCUT2D eigenvalue weighted by Crippen LogP contribution is 2.23. The molecule has 4 nitrogen and oxygen atoms in total. The molecule has 1 aromatic carbocycles. The molecule has 0 bridgehead atoms. The van der Waals surface area contributed by atoms with Gasteiger partial charge in [-0.05, 0) is 17.5 Å². The van der Waals surface area contributed by atoms with E-state index < -0.39 is 11.7 Å². The molecule has 0 fully saturated rings. The highest BCUT2D eigenvalue weighted by molar-refractivity contribution is 6.44. The van der Waals surface area contributed by atoms with E-state index in [0.717, 1.165) is 10.9 Å². The molecule has 0 unspecified atom stereocenters. The van der Waals surface area contributed by atoms with E-state index in [9.17, 15) is 9.59 Å². The smallest absolute Gasteiger partial charge is 0.289 e. The lowest BCUT2D eigenvalue weighted by atomic mass is 10.0. The lowest BCUT2D eigenvalue weighted by molar-refractivity contribution is -0.114. The lowest BCUT2D eigenvalue weighted by Crippen LogP contribution is -2.22. The van der Waals surface area contributed by atoms with Crippen molar-refractivity contribution in [1.29, 1.82) is 0 Å². The molecule has 0 aliphatic heterocycles. The van der Waals surface area contributed by atoms with Crippen LogP contribution in [0.2, 0.25) is 0 Å². The summed E-state index contributed by atoms with van der Waals surface area (Å²) in [5, 5.41) is 0.734. The minimum absolute atomic E-state index is 0.336. The summed E-state index contributed by atoms with van der Waals surface area (Å²) >= 11 is 0. The number of ketones is 1. The second kappa shape index (κ2) is 4.05. The first-order chi connectivity index (χ1) is 8.00. The maximum Gasteiger partial charge on any atom is 0.289 e. The SMILES string of the molecule is CC(C)c1ccc2c(C(=O)C(N)=O)c[nH]c2c1. The summed E-state index contributed by atoms with van der Waals surface area (Å²) in [6.45, 7) is 4.19. The Kier molecular flexibility index (Phi) is 2.71. The quantitative estimate of drug-likeness (QED) is 0.624. The summed E-state index contributed by atoms with van der Waals surface area (Å²) in [6.07, 6.45) is 1.53. The van der Waals surface area contributed by atoms with Gasteiger partial charge in [-0.1, -0.05) is 26.0 Å². The number of benzene rings is 1. The largest absolute Gasteiger partial charge is 0.363 e. The van der Waals surface area contributed by atoms with Crippen molar-refractivity contribution in [2.75, 3.05) is 0 Å². The van der Waals surface area contributed by atoms with Gasteiger partial charge in [-0.2, -0.15) is 0 Å². The Labute approximate surface area is 98.8 Å². The molecule has 0 aliphatic carbocycles. The molecule has 88 valence electrons. The summed E-state index contributed by atoms with van der Waals surface area (Å²) in [5.74, 6) is -1.18. The Morgan fingerprint density at radius 3 is 2.59 bits per heavy atom. The third-order valence-corrected chi connectivity index (χ3v) is 2.84. The normalized spacial score (nSPS) is 11.0. The van der Waals surface area contributed by atoms with Gasteiger partial charge in [0.1, 0.15) is 0 Å². The van der Waals surface area contributed by atoms with Crippen molar-refractivity contribution in [1.82, 2.24) is 4.98 Å². The Bertz CT molecular complexity index is 596. The van der Waals surface area contributed by atoms with Gasteiger partial charge in [0.2, 0.25) is 0 Å². The Morgan fingerprint density at radius 2 is 2.00 bits per heavy atom. The third-order valence-electron chi connectivity index (χ3n) is 2.84. The van der Waals surface area contributed by atoms with Crippen LogP contribution in [-0.2, 0) is 4.79 Å². The Hall–Kier alpha value is -2.10. The van der Waals surface area contributed by atoms with E-state index in [0.29, 0.717) is 11.5 Å². The van der Waals surface area contributed by atoms with E-state index >= 15 is 0 Å². The van der Waals surface area contributed by atoms with Crippen molar-refractivity contribution >= 4 is 22.6 Å². The van der Waals surface area contributed by atoms with Crippen molar-refractivity contribution in [3.63, 3.8) is 0 Å².